The van der Waals surface area contributed by atoms with Crippen LogP contribution in [0.4, 0.5) is 0 Å². The van der Waals surface area contributed by atoms with Gasteiger partial charge in [0.05, 0.1) is 10.2 Å². The molecule has 0 aliphatic carbocycles. The monoisotopic (exact) mass is 464 g/mol. The number of aromatic nitrogens is 2. The van der Waals surface area contributed by atoms with Gasteiger partial charge in [-0.2, -0.15) is 4.98 Å². The standard InChI is InChI=1S/C12H7Br3N2OS/c13-6-9-11(16-12-17(9)3-4-19-12)18-10-2-1-7(14)5-8(10)15/h1-5H,6H2. The van der Waals surface area contributed by atoms with Crippen molar-refractivity contribution in [3.63, 3.8) is 0 Å². The molecule has 0 N–H and O–H groups in total. The molecule has 2 aromatic heterocycles. The molecule has 0 fully saturated rings. The summed E-state index contributed by atoms with van der Waals surface area (Å²) in [5.41, 5.74) is 1.01. The van der Waals surface area contributed by atoms with E-state index in [2.05, 4.69) is 52.8 Å². The van der Waals surface area contributed by atoms with Crippen molar-refractivity contribution in [3.05, 3.63) is 44.4 Å². The van der Waals surface area contributed by atoms with E-state index in [-0.39, 0.29) is 0 Å². The van der Waals surface area contributed by atoms with Gasteiger partial charge in [0.15, 0.2) is 4.96 Å². The summed E-state index contributed by atoms with van der Waals surface area (Å²) in [6.45, 7) is 0. The van der Waals surface area contributed by atoms with Gasteiger partial charge < -0.3 is 4.74 Å². The van der Waals surface area contributed by atoms with Crippen LogP contribution in [0.25, 0.3) is 4.96 Å². The first-order valence-electron chi connectivity index (χ1n) is 5.32. The van der Waals surface area contributed by atoms with Gasteiger partial charge in [-0.3, -0.25) is 4.40 Å². The summed E-state index contributed by atoms with van der Waals surface area (Å²) in [6, 6.07) is 5.79. The molecule has 3 rings (SSSR count). The van der Waals surface area contributed by atoms with E-state index in [1.165, 1.54) is 0 Å². The third kappa shape index (κ3) is 2.61. The molecule has 0 radical (unpaired) electrons. The fourth-order valence-corrected chi connectivity index (χ4v) is 4.04. The van der Waals surface area contributed by atoms with Crippen molar-refractivity contribution in [2.75, 3.05) is 0 Å². The van der Waals surface area contributed by atoms with E-state index >= 15 is 0 Å². The summed E-state index contributed by atoms with van der Waals surface area (Å²) in [6.07, 6.45) is 1.99. The zero-order valence-electron chi connectivity index (χ0n) is 9.44. The molecule has 0 spiro atoms. The SMILES string of the molecule is BrCc1c(Oc2ccc(Br)cc2Br)nc2sccn12. The van der Waals surface area contributed by atoms with Gasteiger partial charge in [0.25, 0.3) is 0 Å². The van der Waals surface area contributed by atoms with Gasteiger partial charge in [0.1, 0.15) is 5.75 Å². The lowest BCUT2D eigenvalue weighted by Crippen LogP contribution is -1.91. The second-order valence-corrected chi connectivity index (χ2v) is 6.93. The van der Waals surface area contributed by atoms with Crippen LogP contribution >= 0.6 is 59.1 Å². The number of fused-ring (bicyclic) bond motifs is 1. The Morgan fingerprint density at radius 2 is 2.16 bits per heavy atom. The molecule has 1 aromatic carbocycles. The first-order chi connectivity index (χ1) is 9.19. The Bertz CT molecular complexity index is 738. The van der Waals surface area contributed by atoms with Crippen molar-refractivity contribution >= 4 is 64.1 Å². The lowest BCUT2D eigenvalue weighted by atomic mass is 10.3. The molecule has 3 nitrogen and oxygen atoms in total. The van der Waals surface area contributed by atoms with E-state index in [0.717, 1.165) is 25.3 Å². The average Bonchev–Trinajstić information content (AvgIpc) is 2.92. The first-order valence-corrected chi connectivity index (χ1v) is 8.91. The summed E-state index contributed by atoms with van der Waals surface area (Å²) in [5.74, 6) is 1.38. The van der Waals surface area contributed by atoms with E-state index in [4.69, 9.17) is 4.74 Å². The van der Waals surface area contributed by atoms with Gasteiger partial charge >= 0.3 is 0 Å². The Morgan fingerprint density at radius 3 is 2.89 bits per heavy atom. The maximum Gasteiger partial charge on any atom is 0.243 e. The normalized spacial score (nSPS) is 11.1. The van der Waals surface area contributed by atoms with E-state index in [1.54, 1.807) is 11.3 Å². The van der Waals surface area contributed by atoms with Gasteiger partial charge in [-0.25, -0.2) is 0 Å². The van der Waals surface area contributed by atoms with Crippen molar-refractivity contribution in [2.24, 2.45) is 0 Å². The van der Waals surface area contributed by atoms with Crippen LogP contribution < -0.4 is 4.74 Å². The Labute approximate surface area is 139 Å². The van der Waals surface area contributed by atoms with Gasteiger partial charge in [-0.05, 0) is 34.1 Å². The summed E-state index contributed by atoms with van der Waals surface area (Å²) in [7, 11) is 0. The molecule has 2 heterocycles. The van der Waals surface area contributed by atoms with Crippen molar-refractivity contribution in [2.45, 2.75) is 5.33 Å². The van der Waals surface area contributed by atoms with Crippen LogP contribution in [0.5, 0.6) is 11.6 Å². The van der Waals surface area contributed by atoms with Crippen molar-refractivity contribution in [3.8, 4) is 11.6 Å². The predicted molar refractivity (Wildman–Crippen MR) is 87.6 cm³/mol. The number of halogens is 3. The summed E-state index contributed by atoms with van der Waals surface area (Å²) < 4.78 is 9.82. The van der Waals surface area contributed by atoms with Crippen LogP contribution in [-0.2, 0) is 5.33 Å². The van der Waals surface area contributed by atoms with Gasteiger partial charge in [-0.1, -0.05) is 31.9 Å². The topological polar surface area (TPSA) is 26.5 Å². The molecule has 3 aromatic rings. The van der Waals surface area contributed by atoms with Crippen LogP contribution in [0.3, 0.4) is 0 Å². The number of benzene rings is 1. The number of rotatable bonds is 3. The molecule has 0 aliphatic rings. The van der Waals surface area contributed by atoms with Crippen LogP contribution in [-0.4, -0.2) is 9.38 Å². The molecule has 98 valence electrons. The van der Waals surface area contributed by atoms with Crippen molar-refractivity contribution in [1.82, 2.24) is 9.38 Å². The molecule has 0 saturated carbocycles. The van der Waals surface area contributed by atoms with Gasteiger partial charge in [-0.15, -0.1) is 11.3 Å². The minimum absolute atomic E-state index is 0.631. The Hall–Kier alpha value is -0.370. The molecule has 0 aliphatic heterocycles. The highest BCUT2D eigenvalue weighted by Gasteiger charge is 2.15. The highest BCUT2D eigenvalue weighted by molar-refractivity contribution is 9.11. The smallest absolute Gasteiger partial charge is 0.243 e. The third-order valence-electron chi connectivity index (χ3n) is 2.55. The molecule has 0 atom stereocenters. The second-order valence-electron chi connectivity index (χ2n) is 3.73. The quantitative estimate of drug-likeness (QED) is 0.469. The summed E-state index contributed by atoms with van der Waals surface area (Å²) in [5, 5.41) is 2.70. The number of hydrogen-bond acceptors (Lipinski definition) is 3. The minimum Gasteiger partial charge on any atom is -0.436 e. The van der Waals surface area contributed by atoms with E-state index in [1.807, 2.05) is 34.2 Å². The van der Waals surface area contributed by atoms with Gasteiger partial charge in [0, 0.05) is 21.4 Å². The number of ether oxygens (including phenoxy) is 1. The van der Waals surface area contributed by atoms with Gasteiger partial charge in [0.2, 0.25) is 5.88 Å². The van der Waals surface area contributed by atoms with E-state index in [0.29, 0.717) is 11.2 Å². The fourth-order valence-electron chi connectivity index (χ4n) is 1.68. The minimum atomic E-state index is 0.631. The van der Waals surface area contributed by atoms with Crippen LogP contribution in [0.2, 0.25) is 0 Å². The van der Waals surface area contributed by atoms with Crippen molar-refractivity contribution < 1.29 is 4.74 Å². The highest BCUT2D eigenvalue weighted by Crippen LogP contribution is 2.34. The predicted octanol–water partition coefficient (Wildman–Crippen LogP) is 5.61. The van der Waals surface area contributed by atoms with Crippen LogP contribution in [0.15, 0.2) is 38.7 Å². The lowest BCUT2D eigenvalue weighted by Gasteiger charge is -2.06. The molecular formula is C12H7Br3N2OS. The van der Waals surface area contributed by atoms with Crippen molar-refractivity contribution in [1.29, 1.82) is 0 Å². The molecule has 0 saturated heterocycles. The Kier molecular flexibility index (Phi) is 3.98. The second kappa shape index (κ2) is 5.55. The number of hydrogen-bond donors (Lipinski definition) is 0. The molecule has 0 amide bonds. The van der Waals surface area contributed by atoms with E-state index < -0.39 is 0 Å². The lowest BCUT2D eigenvalue weighted by molar-refractivity contribution is 0.459. The number of thiazole rings is 1. The van der Waals surface area contributed by atoms with E-state index in [9.17, 15) is 0 Å². The largest absolute Gasteiger partial charge is 0.436 e. The van der Waals surface area contributed by atoms with Crippen LogP contribution in [0.1, 0.15) is 5.69 Å². The molecule has 7 heteroatoms. The molecule has 0 unspecified atom stereocenters. The Balaban J connectivity index is 2.02. The summed E-state index contributed by atoms with van der Waals surface area (Å²) >= 11 is 12.0. The molecule has 19 heavy (non-hydrogen) atoms. The van der Waals surface area contributed by atoms with Crippen LogP contribution in [0, 0.1) is 0 Å². The first kappa shape index (κ1) is 13.6. The molecule has 0 bridgehead atoms. The maximum absolute atomic E-state index is 5.91. The fraction of sp³-hybridized carbons (Fsp3) is 0.0833. The number of nitrogens with zero attached hydrogens (tertiary/aromatic N) is 2. The highest BCUT2D eigenvalue weighted by atomic mass is 79.9. The zero-order valence-corrected chi connectivity index (χ0v) is 15.0. The number of alkyl halides is 1. The average molecular weight is 467 g/mol. The molecular weight excluding hydrogens is 460 g/mol. The number of imidazole rings is 1. The zero-order chi connectivity index (χ0) is 13.4. The third-order valence-corrected chi connectivity index (χ3v) is 4.95. The Morgan fingerprint density at radius 1 is 1.32 bits per heavy atom. The summed E-state index contributed by atoms with van der Waals surface area (Å²) in [4.78, 5) is 5.43. The maximum atomic E-state index is 5.91.